The zero-order chi connectivity index (χ0) is 16.1. The average Bonchev–Trinajstić information content (AvgIpc) is 3.07. The Hall–Kier alpha value is -1.36. The van der Waals surface area contributed by atoms with Crippen LogP contribution in [0, 0.1) is 0 Å². The van der Waals surface area contributed by atoms with Gasteiger partial charge in [-0.1, -0.05) is 35.9 Å². The summed E-state index contributed by atoms with van der Waals surface area (Å²) in [5.41, 5.74) is 0.975. The highest BCUT2D eigenvalue weighted by molar-refractivity contribution is 7.10. The van der Waals surface area contributed by atoms with Crippen LogP contribution in [0.4, 0.5) is 0 Å². The Morgan fingerprint density at radius 3 is 2.70 bits per heavy atom. The molecule has 1 aromatic heterocycles. The van der Waals surface area contributed by atoms with Crippen LogP contribution in [0.1, 0.15) is 23.3 Å². The van der Waals surface area contributed by atoms with E-state index < -0.39 is 0 Å². The molecule has 122 valence electrons. The molecule has 5 heteroatoms. The quantitative estimate of drug-likeness (QED) is 0.891. The molecule has 1 amide bonds. The van der Waals surface area contributed by atoms with Crippen molar-refractivity contribution in [1.29, 1.82) is 0 Å². The van der Waals surface area contributed by atoms with Crippen LogP contribution in [0.15, 0.2) is 41.8 Å². The first-order valence-corrected chi connectivity index (χ1v) is 9.07. The Bertz CT molecular complexity index is 651. The number of benzene rings is 1. The predicted octanol–water partition coefficient (Wildman–Crippen LogP) is 3.81. The lowest BCUT2D eigenvalue weighted by molar-refractivity contribution is -0.120. The fourth-order valence-electron chi connectivity index (χ4n) is 3.10. The highest BCUT2D eigenvalue weighted by Crippen LogP contribution is 2.38. The normalized spacial score (nSPS) is 16.9. The topological polar surface area (TPSA) is 38.3 Å². The smallest absolute Gasteiger partial charge is 0.225 e. The van der Waals surface area contributed by atoms with E-state index in [4.69, 9.17) is 16.3 Å². The van der Waals surface area contributed by atoms with E-state index in [2.05, 4.69) is 11.4 Å². The highest BCUT2D eigenvalue weighted by Gasteiger charge is 2.36. The third-order valence-corrected chi connectivity index (χ3v) is 5.64. The molecule has 2 aromatic rings. The van der Waals surface area contributed by atoms with Gasteiger partial charge in [0.15, 0.2) is 0 Å². The van der Waals surface area contributed by atoms with Crippen molar-refractivity contribution in [3.8, 4) is 0 Å². The van der Waals surface area contributed by atoms with Crippen LogP contribution in [0.25, 0.3) is 0 Å². The molecule has 1 aromatic carbocycles. The molecule has 1 N–H and O–H groups in total. The number of amides is 1. The Balaban J connectivity index is 1.72. The second kappa shape index (κ2) is 7.47. The molecule has 0 unspecified atom stereocenters. The molecule has 1 fully saturated rings. The molecular formula is C18H20ClNO2S. The van der Waals surface area contributed by atoms with E-state index in [9.17, 15) is 4.79 Å². The van der Waals surface area contributed by atoms with Crippen molar-refractivity contribution in [3.05, 3.63) is 57.2 Å². The number of carbonyl (C=O) groups is 1. The Morgan fingerprint density at radius 1 is 1.22 bits per heavy atom. The number of hydrogen-bond acceptors (Lipinski definition) is 3. The maximum atomic E-state index is 12.2. The minimum atomic E-state index is -0.137. The maximum Gasteiger partial charge on any atom is 0.225 e. The first kappa shape index (κ1) is 16.5. The Labute approximate surface area is 145 Å². The van der Waals surface area contributed by atoms with Crippen molar-refractivity contribution in [3.63, 3.8) is 0 Å². The van der Waals surface area contributed by atoms with Gasteiger partial charge in [-0.25, -0.2) is 0 Å². The molecule has 0 aliphatic carbocycles. The number of rotatable bonds is 5. The van der Waals surface area contributed by atoms with Gasteiger partial charge in [-0.3, -0.25) is 4.79 Å². The van der Waals surface area contributed by atoms with Crippen molar-refractivity contribution in [1.82, 2.24) is 5.32 Å². The van der Waals surface area contributed by atoms with Crippen LogP contribution < -0.4 is 5.32 Å². The van der Waals surface area contributed by atoms with Crippen molar-refractivity contribution in [2.75, 3.05) is 19.8 Å². The lowest BCUT2D eigenvalue weighted by atomic mass is 9.74. The summed E-state index contributed by atoms with van der Waals surface area (Å²) in [4.78, 5) is 13.3. The molecule has 0 radical (unpaired) electrons. The number of thiophene rings is 1. The molecule has 2 heterocycles. The third-order valence-electron chi connectivity index (χ3n) is 4.43. The molecule has 0 saturated carbocycles. The molecule has 1 aliphatic heterocycles. The van der Waals surface area contributed by atoms with E-state index in [0.29, 0.717) is 26.2 Å². The molecule has 0 atom stereocenters. The fourth-order valence-corrected chi connectivity index (χ4v) is 4.14. The van der Waals surface area contributed by atoms with Gasteiger partial charge in [0.25, 0.3) is 0 Å². The number of carbonyl (C=O) groups excluding carboxylic acids is 1. The van der Waals surface area contributed by atoms with Gasteiger partial charge in [0.1, 0.15) is 0 Å². The van der Waals surface area contributed by atoms with Crippen molar-refractivity contribution >= 4 is 28.8 Å². The summed E-state index contributed by atoms with van der Waals surface area (Å²) < 4.78 is 5.52. The number of ether oxygens (including phenoxy) is 1. The molecule has 1 aliphatic rings. The van der Waals surface area contributed by atoms with Gasteiger partial charge >= 0.3 is 0 Å². The summed E-state index contributed by atoms with van der Waals surface area (Å²) in [6.07, 6.45) is 2.18. The summed E-state index contributed by atoms with van der Waals surface area (Å²) in [7, 11) is 0. The van der Waals surface area contributed by atoms with E-state index in [1.165, 1.54) is 0 Å². The SMILES string of the molecule is O=C(Cc1cccs1)NCC1(c2ccccc2Cl)CCOCC1. The minimum Gasteiger partial charge on any atom is -0.381 e. The molecule has 0 bridgehead atoms. The van der Waals surface area contributed by atoms with Crippen LogP contribution in [0.5, 0.6) is 0 Å². The molecule has 3 nitrogen and oxygen atoms in total. The van der Waals surface area contributed by atoms with E-state index in [1.807, 2.05) is 35.7 Å². The van der Waals surface area contributed by atoms with Gasteiger partial charge in [-0.05, 0) is 35.9 Å². The highest BCUT2D eigenvalue weighted by atomic mass is 35.5. The van der Waals surface area contributed by atoms with Crippen LogP contribution in [0.3, 0.4) is 0 Å². The first-order valence-electron chi connectivity index (χ1n) is 7.81. The lowest BCUT2D eigenvalue weighted by Gasteiger charge is -2.38. The first-order chi connectivity index (χ1) is 11.2. The third kappa shape index (κ3) is 3.94. The standard InChI is InChI=1S/C18H20ClNO2S/c19-16-6-2-1-5-15(16)18(7-9-22-10-8-18)13-20-17(21)12-14-4-3-11-23-14/h1-6,11H,7-10,12-13H2,(H,20,21). The summed E-state index contributed by atoms with van der Waals surface area (Å²) in [6, 6.07) is 11.9. The zero-order valence-electron chi connectivity index (χ0n) is 12.9. The van der Waals surface area contributed by atoms with E-state index in [1.54, 1.807) is 11.3 Å². The summed E-state index contributed by atoms with van der Waals surface area (Å²) in [6.45, 7) is 2.00. The molecule has 1 saturated heterocycles. The van der Waals surface area contributed by atoms with Gasteiger partial charge in [-0.2, -0.15) is 0 Å². The van der Waals surface area contributed by atoms with Gasteiger partial charge in [0.05, 0.1) is 6.42 Å². The largest absolute Gasteiger partial charge is 0.381 e. The molecular weight excluding hydrogens is 330 g/mol. The second-order valence-corrected chi connectivity index (χ2v) is 7.34. The number of hydrogen-bond donors (Lipinski definition) is 1. The van der Waals surface area contributed by atoms with Crippen molar-refractivity contribution in [2.45, 2.75) is 24.7 Å². The molecule has 23 heavy (non-hydrogen) atoms. The number of halogens is 1. The fraction of sp³-hybridized carbons (Fsp3) is 0.389. The van der Waals surface area contributed by atoms with Crippen molar-refractivity contribution in [2.24, 2.45) is 0 Å². The lowest BCUT2D eigenvalue weighted by Crippen LogP contribution is -2.45. The van der Waals surface area contributed by atoms with Crippen LogP contribution in [-0.2, 0) is 21.4 Å². The zero-order valence-corrected chi connectivity index (χ0v) is 14.5. The summed E-state index contributed by atoms with van der Waals surface area (Å²) in [5, 5.41) is 5.87. The van der Waals surface area contributed by atoms with Crippen LogP contribution in [0.2, 0.25) is 5.02 Å². The number of nitrogens with one attached hydrogen (secondary N) is 1. The van der Waals surface area contributed by atoms with Gasteiger partial charge in [0, 0.05) is 35.1 Å². The van der Waals surface area contributed by atoms with Crippen LogP contribution >= 0.6 is 22.9 Å². The Kier molecular flexibility index (Phi) is 5.36. The van der Waals surface area contributed by atoms with E-state index in [-0.39, 0.29) is 11.3 Å². The molecule has 0 spiro atoms. The van der Waals surface area contributed by atoms with E-state index >= 15 is 0 Å². The van der Waals surface area contributed by atoms with Crippen LogP contribution in [-0.4, -0.2) is 25.7 Å². The predicted molar refractivity (Wildman–Crippen MR) is 94.2 cm³/mol. The van der Waals surface area contributed by atoms with Crippen molar-refractivity contribution < 1.29 is 9.53 Å². The van der Waals surface area contributed by atoms with Gasteiger partial charge in [-0.15, -0.1) is 11.3 Å². The van der Waals surface area contributed by atoms with E-state index in [0.717, 1.165) is 28.3 Å². The average molecular weight is 350 g/mol. The molecule has 3 rings (SSSR count). The summed E-state index contributed by atoms with van der Waals surface area (Å²) >= 11 is 8.03. The van der Waals surface area contributed by atoms with Gasteiger partial charge < -0.3 is 10.1 Å². The maximum absolute atomic E-state index is 12.2. The monoisotopic (exact) mass is 349 g/mol. The summed E-state index contributed by atoms with van der Waals surface area (Å²) in [5.74, 6) is 0.0605. The van der Waals surface area contributed by atoms with Gasteiger partial charge in [0.2, 0.25) is 5.91 Å². The minimum absolute atomic E-state index is 0.0605. The second-order valence-electron chi connectivity index (χ2n) is 5.91. The Morgan fingerprint density at radius 2 is 2.00 bits per heavy atom.